The van der Waals surface area contributed by atoms with Crippen molar-refractivity contribution >= 4 is 22.6 Å². The second kappa shape index (κ2) is 4.56. The Morgan fingerprint density at radius 2 is 2.12 bits per heavy atom. The van der Waals surface area contributed by atoms with Gasteiger partial charge in [-0.15, -0.1) is 5.10 Å². The predicted octanol–water partition coefficient (Wildman–Crippen LogP) is 1.05. The molecule has 0 unspecified atom stereocenters. The molecule has 17 heavy (non-hydrogen) atoms. The molecule has 1 aromatic rings. The van der Waals surface area contributed by atoms with Crippen LogP contribution in [0.1, 0.15) is 5.56 Å². The van der Waals surface area contributed by atoms with Gasteiger partial charge in [-0.3, -0.25) is 20.1 Å². The number of halogens is 1. The molecule has 0 saturated heterocycles. The van der Waals surface area contributed by atoms with Gasteiger partial charge in [0.25, 0.3) is 5.69 Å². The summed E-state index contributed by atoms with van der Waals surface area (Å²) in [5, 5.41) is 17.7. The van der Waals surface area contributed by atoms with E-state index in [0.29, 0.717) is 13.2 Å². The first-order valence-corrected chi connectivity index (χ1v) is 5.18. The second-order valence-corrected chi connectivity index (χ2v) is 3.91. The Morgan fingerprint density at radius 1 is 1.47 bits per heavy atom. The molecule has 0 saturated carbocycles. The second-order valence-electron chi connectivity index (χ2n) is 3.57. The number of nitro benzene ring substituents is 1. The number of hydrazone groups is 1. The van der Waals surface area contributed by atoms with E-state index in [1.807, 2.05) is 0 Å². The van der Waals surface area contributed by atoms with Crippen LogP contribution in [0.2, 0.25) is 0 Å². The largest absolute Gasteiger partial charge is 0.269 e. The Morgan fingerprint density at radius 3 is 2.59 bits per heavy atom. The highest BCUT2D eigenvalue weighted by Gasteiger charge is 2.18. The van der Waals surface area contributed by atoms with Crippen LogP contribution in [0.3, 0.4) is 0 Å². The van der Waals surface area contributed by atoms with E-state index < -0.39 is 4.92 Å². The first-order valence-electron chi connectivity index (χ1n) is 4.81. The van der Waals surface area contributed by atoms with Gasteiger partial charge >= 0.3 is 0 Å². The molecule has 1 aliphatic rings. The Hall–Kier alpha value is -1.86. The van der Waals surface area contributed by atoms with Gasteiger partial charge in [-0.1, -0.05) is 12.1 Å². The van der Waals surface area contributed by atoms with E-state index in [0.717, 1.165) is 5.56 Å². The minimum Gasteiger partial charge on any atom is -0.268 e. The van der Waals surface area contributed by atoms with Crippen molar-refractivity contribution in [2.24, 2.45) is 10.9 Å². The van der Waals surface area contributed by atoms with Gasteiger partial charge in [-0.2, -0.15) is 0 Å². The summed E-state index contributed by atoms with van der Waals surface area (Å²) in [7, 11) is 0. The smallest absolute Gasteiger partial charge is 0.268 e. The van der Waals surface area contributed by atoms with Gasteiger partial charge in [0.05, 0.1) is 11.5 Å². The normalized spacial score (nSPS) is 15.1. The average molecular weight is 256 g/mol. The zero-order chi connectivity index (χ0) is 12.4. The van der Waals surface area contributed by atoms with Gasteiger partial charge in [0.2, 0.25) is 5.29 Å². The Kier molecular flexibility index (Phi) is 3.12. The number of hydrogen-bond acceptors (Lipinski definition) is 6. The highest BCUT2D eigenvalue weighted by atomic mass is 35.5. The molecule has 0 spiro atoms. The third-order valence-corrected chi connectivity index (χ3v) is 2.58. The molecule has 1 aliphatic heterocycles. The lowest BCUT2D eigenvalue weighted by Gasteiger charge is -2.14. The topological polar surface area (TPSA) is 88.0 Å². The lowest BCUT2D eigenvalue weighted by molar-refractivity contribution is -0.384. The maximum atomic E-state index is 10.5. The minimum atomic E-state index is -0.434. The third-order valence-electron chi connectivity index (χ3n) is 2.29. The summed E-state index contributed by atoms with van der Waals surface area (Å²) in [6.07, 6.45) is 0. The van der Waals surface area contributed by atoms with Crippen LogP contribution >= 0.6 is 11.6 Å². The van der Waals surface area contributed by atoms with E-state index in [1.54, 1.807) is 17.1 Å². The number of hydrogen-bond donors (Lipinski definition) is 1. The van der Waals surface area contributed by atoms with Crippen LogP contribution in [0, 0.1) is 10.1 Å². The number of nitrogens with zero attached hydrogens (tertiary/aromatic N) is 4. The molecule has 0 bridgehead atoms. The van der Waals surface area contributed by atoms with E-state index in [9.17, 15) is 10.1 Å². The summed E-state index contributed by atoms with van der Waals surface area (Å²) in [4.78, 5) is 10.0. The monoisotopic (exact) mass is 255 g/mol. The molecule has 0 atom stereocenters. The van der Waals surface area contributed by atoms with Crippen molar-refractivity contribution in [2.75, 3.05) is 6.67 Å². The summed E-state index contributed by atoms with van der Waals surface area (Å²) in [6, 6.07) is 6.27. The van der Waals surface area contributed by atoms with Gasteiger partial charge in [-0.05, 0) is 17.2 Å². The Balaban J connectivity index is 2.03. The van der Waals surface area contributed by atoms with Gasteiger partial charge < -0.3 is 0 Å². The van der Waals surface area contributed by atoms with Crippen LogP contribution in [0.4, 0.5) is 5.69 Å². The number of benzene rings is 1. The van der Waals surface area contributed by atoms with Crippen LogP contribution in [0.15, 0.2) is 29.4 Å². The van der Waals surface area contributed by atoms with E-state index in [1.165, 1.54) is 17.1 Å². The van der Waals surface area contributed by atoms with E-state index >= 15 is 0 Å². The zero-order valence-corrected chi connectivity index (χ0v) is 9.54. The number of nitrogens with two attached hydrogens (primary N) is 1. The minimum absolute atomic E-state index is 0.0668. The fourth-order valence-electron chi connectivity index (χ4n) is 1.46. The molecule has 7 nitrogen and oxygen atoms in total. The first kappa shape index (κ1) is 11.6. The zero-order valence-electron chi connectivity index (χ0n) is 8.78. The predicted molar refractivity (Wildman–Crippen MR) is 62.8 cm³/mol. The molecule has 0 aromatic heterocycles. The van der Waals surface area contributed by atoms with Crippen LogP contribution in [-0.2, 0) is 6.54 Å². The highest BCUT2D eigenvalue weighted by molar-refractivity contribution is 6.64. The molecule has 8 heteroatoms. The molecule has 0 fully saturated rings. The van der Waals surface area contributed by atoms with Crippen molar-refractivity contribution in [1.82, 2.24) is 10.0 Å². The van der Waals surface area contributed by atoms with Gasteiger partial charge in [0.1, 0.15) is 6.67 Å². The number of non-ortho nitro benzene ring substituents is 1. The SMILES string of the molecule is NN1CN(Cc2ccc([N+](=O)[O-])cc2)N=C1Cl. The molecule has 1 heterocycles. The van der Waals surface area contributed by atoms with Crippen LogP contribution in [0.25, 0.3) is 0 Å². The summed E-state index contributed by atoms with van der Waals surface area (Å²) >= 11 is 5.71. The van der Waals surface area contributed by atoms with Crippen molar-refractivity contribution in [1.29, 1.82) is 0 Å². The standard InChI is InChI=1S/C9H10ClN5O2/c10-9-12-13(6-14(9)11)5-7-1-3-8(4-2-7)15(16)17/h1-4H,5-6,11H2. The van der Waals surface area contributed by atoms with Crippen LogP contribution < -0.4 is 5.84 Å². The van der Waals surface area contributed by atoms with Crippen molar-refractivity contribution in [3.8, 4) is 0 Å². The number of hydrazine groups is 1. The summed E-state index contributed by atoms with van der Waals surface area (Å²) in [6.45, 7) is 0.901. The number of rotatable bonds is 3. The third kappa shape index (κ3) is 2.63. The lowest BCUT2D eigenvalue weighted by atomic mass is 10.2. The summed E-state index contributed by atoms with van der Waals surface area (Å²) in [5.74, 6) is 5.53. The molecule has 0 aliphatic carbocycles. The molecule has 2 N–H and O–H groups in total. The fourth-order valence-corrected chi connectivity index (χ4v) is 1.62. The fraction of sp³-hybridized carbons (Fsp3) is 0.222. The highest BCUT2D eigenvalue weighted by Crippen LogP contribution is 2.15. The summed E-state index contributed by atoms with van der Waals surface area (Å²) in [5.41, 5.74) is 0.969. The molecule has 0 amide bonds. The van der Waals surface area contributed by atoms with Crippen LogP contribution in [0.5, 0.6) is 0 Å². The quantitative estimate of drug-likeness (QED) is 0.378. The van der Waals surface area contributed by atoms with Gasteiger partial charge in [-0.25, -0.2) is 5.84 Å². The van der Waals surface area contributed by atoms with Crippen molar-refractivity contribution in [3.05, 3.63) is 39.9 Å². The van der Waals surface area contributed by atoms with Crippen LogP contribution in [-0.4, -0.2) is 26.9 Å². The lowest BCUT2D eigenvalue weighted by Crippen LogP contribution is -2.34. The maximum absolute atomic E-state index is 10.5. The molecular formula is C9H10ClN5O2. The first-order chi connectivity index (χ1) is 8.06. The molecular weight excluding hydrogens is 246 g/mol. The summed E-state index contributed by atoms with van der Waals surface area (Å²) < 4.78 is 0. The van der Waals surface area contributed by atoms with E-state index in [2.05, 4.69) is 5.10 Å². The molecule has 0 radical (unpaired) electrons. The van der Waals surface area contributed by atoms with Crippen molar-refractivity contribution in [2.45, 2.75) is 6.54 Å². The number of nitro groups is 1. The molecule has 90 valence electrons. The molecule has 2 rings (SSSR count). The van der Waals surface area contributed by atoms with Crippen molar-refractivity contribution < 1.29 is 4.92 Å². The van der Waals surface area contributed by atoms with Gasteiger partial charge in [0, 0.05) is 12.1 Å². The Bertz CT molecular complexity index is 461. The maximum Gasteiger partial charge on any atom is 0.269 e. The van der Waals surface area contributed by atoms with E-state index in [4.69, 9.17) is 17.4 Å². The average Bonchev–Trinajstić information content (AvgIpc) is 2.58. The van der Waals surface area contributed by atoms with Gasteiger partial charge in [0.15, 0.2) is 0 Å². The molecule has 1 aromatic carbocycles. The number of amidine groups is 1. The van der Waals surface area contributed by atoms with E-state index in [-0.39, 0.29) is 11.0 Å². The van der Waals surface area contributed by atoms with Crippen molar-refractivity contribution in [3.63, 3.8) is 0 Å². The Labute approximate surface area is 102 Å².